The van der Waals surface area contributed by atoms with Crippen molar-refractivity contribution in [3.8, 4) is 0 Å². The van der Waals surface area contributed by atoms with E-state index in [2.05, 4.69) is 34.6 Å². The molecule has 0 radical (unpaired) electrons. The van der Waals surface area contributed by atoms with Gasteiger partial charge in [0.15, 0.2) is 0 Å². The van der Waals surface area contributed by atoms with E-state index >= 15 is 0 Å². The summed E-state index contributed by atoms with van der Waals surface area (Å²) in [7, 11) is 0. The predicted molar refractivity (Wildman–Crippen MR) is 110 cm³/mol. The van der Waals surface area contributed by atoms with Crippen LogP contribution in [0, 0.1) is 23.7 Å². The topological polar surface area (TPSA) is 37.3 Å². The van der Waals surface area contributed by atoms with Crippen molar-refractivity contribution in [1.29, 1.82) is 0 Å². The van der Waals surface area contributed by atoms with Crippen molar-refractivity contribution >= 4 is 5.97 Å². The highest BCUT2D eigenvalue weighted by molar-refractivity contribution is 5.70. The van der Waals surface area contributed by atoms with Crippen molar-refractivity contribution in [2.75, 3.05) is 0 Å². The van der Waals surface area contributed by atoms with Gasteiger partial charge in [-0.1, -0.05) is 105 Å². The van der Waals surface area contributed by atoms with Crippen molar-refractivity contribution in [3.05, 3.63) is 0 Å². The van der Waals surface area contributed by atoms with Crippen LogP contribution in [0.3, 0.4) is 0 Å². The van der Waals surface area contributed by atoms with Gasteiger partial charge < -0.3 is 5.11 Å². The van der Waals surface area contributed by atoms with Crippen molar-refractivity contribution in [1.82, 2.24) is 0 Å². The average molecular weight is 355 g/mol. The molecule has 0 saturated carbocycles. The standard InChI is InChI=1S/C23H46O2/c1-6-8-17-21(14-7-2)18-22(23(24)25)20(5)16-13-11-9-10-12-15-19(3)4/h19-22H,6-18H2,1-5H3,(H,24,25). The molecule has 3 unspecified atom stereocenters. The van der Waals surface area contributed by atoms with E-state index in [-0.39, 0.29) is 5.92 Å². The molecule has 3 atom stereocenters. The molecule has 2 heteroatoms. The van der Waals surface area contributed by atoms with Gasteiger partial charge >= 0.3 is 5.97 Å². The molecule has 25 heavy (non-hydrogen) atoms. The Bertz CT molecular complexity index is 311. The predicted octanol–water partition coefficient (Wildman–Crippen LogP) is 7.71. The maximum absolute atomic E-state index is 11.8. The van der Waals surface area contributed by atoms with E-state index < -0.39 is 5.97 Å². The van der Waals surface area contributed by atoms with Crippen molar-refractivity contribution < 1.29 is 9.90 Å². The minimum absolute atomic E-state index is 0.144. The number of carboxylic acids is 1. The van der Waals surface area contributed by atoms with Crippen LogP contribution in [0.4, 0.5) is 0 Å². The average Bonchev–Trinajstić information content (AvgIpc) is 2.55. The monoisotopic (exact) mass is 354 g/mol. The molecule has 0 saturated heterocycles. The molecule has 0 aliphatic heterocycles. The summed E-state index contributed by atoms with van der Waals surface area (Å²) in [4.78, 5) is 11.8. The fourth-order valence-electron chi connectivity index (χ4n) is 3.97. The van der Waals surface area contributed by atoms with E-state index in [1.807, 2.05) is 0 Å². The molecule has 0 fully saturated rings. The van der Waals surface area contributed by atoms with Gasteiger partial charge in [-0.2, -0.15) is 0 Å². The number of unbranched alkanes of at least 4 members (excludes halogenated alkanes) is 5. The Morgan fingerprint density at radius 3 is 1.88 bits per heavy atom. The molecule has 1 N–H and O–H groups in total. The highest BCUT2D eigenvalue weighted by Gasteiger charge is 2.27. The molecular formula is C23H46O2. The molecule has 0 aromatic carbocycles. The van der Waals surface area contributed by atoms with Gasteiger partial charge in [0.2, 0.25) is 0 Å². The summed E-state index contributed by atoms with van der Waals surface area (Å²) in [5.74, 6) is 1.02. The highest BCUT2D eigenvalue weighted by Crippen LogP contribution is 2.30. The number of hydrogen-bond acceptors (Lipinski definition) is 1. The molecular weight excluding hydrogens is 308 g/mol. The fraction of sp³-hybridized carbons (Fsp3) is 0.957. The molecule has 0 rings (SSSR count). The van der Waals surface area contributed by atoms with E-state index in [9.17, 15) is 9.90 Å². The van der Waals surface area contributed by atoms with Crippen molar-refractivity contribution in [2.45, 2.75) is 118 Å². The van der Waals surface area contributed by atoms with E-state index in [0.717, 1.165) is 18.8 Å². The number of aliphatic carboxylic acids is 1. The lowest BCUT2D eigenvalue weighted by Crippen LogP contribution is -2.25. The van der Waals surface area contributed by atoms with E-state index in [1.54, 1.807) is 0 Å². The summed E-state index contributed by atoms with van der Waals surface area (Å²) >= 11 is 0. The molecule has 0 aliphatic rings. The van der Waals surface area contributed by atoms with Gasteiger partial charge in [0.05, 0.1) is 5.92 Å². The Kier molecular flexibility index (Phi) is 15.4. The third-order valence-electron chi connectivity index (χ3n) is 5.70. The third-order valence-corrected chi connectivity index (χ3v) is 5.70. The van der Waals surface area contributed by atoms with Crippen LogP contribution in [0.1, 0.15) is 118 Å². The van der Waals surface area contributed by atoms with Crippen molar-refractivity contribution in [2.24, 2.45) is 23.7 Å². The summed E-state index contributed by atoms with van der Waals surface area (Å²) in [6.07, 6.45) is 15.8. The first-order valence-electron chi connectivity index (χ1n) is 11.1. The molecule has 0 aliphatic carbocycles. The number of rotatable bonds is 17. The van der Waals surface area contributed by atoms with Gasteiger partial charge in [-0.15, -0.1) is 0 Å². The Balaban J connectivity index is 4.17. The summed E-state index contributed by atoms with van der Waals surface area (Å²) in [6.45, 7) is 11.2. The van der Waals surface area contributed by atoms with E-state index in [1.165, 1.54) is 70.6 Å². The van der Waals surface area contributed by atoms with Crippen LogP contribution < -0.4 is 0 Å². The summed E-state index contributed by atoms with van der Waals surface area (Å²) in [5, 5.41) is 9.71. The minimum Gasteiger partial charge on any atom is -0.481 e. The van der Waals surface area contributed by atoms with Gasteiger partial charge in [0.1, 0.15) is 0 Å². The second kappa shape index (κ2) is 15.7. The molecule has 0 bridgehead atoms. The first-order valence-corrected chi connectivity index (χ1v) is 11.1. The largest absolute Gasteiger partial charge is 0.481 e. The van der Waals surface area contributed by atoms with Crippen LogP contribution >= 0.6 is 0 Å². The lowest BCUT2D eigenvalue weighted by molar-refractivity contribution is -0.144. The summed E-state index contributed by atoms with van der Waals surface area (Å²) in [5.41, 5.74) is 0. The lowest BCUT2D eigenvalue weighted by Gasteiger charge is -2.25. The van der Waals surface area contributed by atoms with Gasteiger partial charge in [-0.25, -0.2) is 0 Å². The molecule has 0 spiro atoms. The zero-order valence-corrected chi connectivity index (χ0v) is 17.9. The van der Waals surface area contributed by atoms with Crippen LogP contribution in [0.25, 0.3) is 0 Å². The maximum atomic E-state index is 11.8. The minimum atomic E-state index is -0.568. The number of carbonyl (C=O) groups is 1. The van der Waals surface area contributed by atoms with Gasteiger partial charge in [-0.05, 0) is 30.6 Å². The van der Waals surface area contributed by atoms with Crippen LogP contribution in [-0.2, 0) is 4.79 Å². The van der Waals surface area contributed by atoms with Crippen LogP contribution in [0.15, 0.2) is 0 Å². The smallest absolute Gasteiger partial charge is 0.306 e. The molecule has 0 heterocycles. The highest BCUT2D eigenvalue weighted by atomic mass is 16.4. The number of hydrogen-bond donors (Lipinski definition) is 1. The second-order valence-electron chi connectivity index (χ2n) is 8.69. The molecule has 0 aromatic rings. The Hall–Kier alpha value is -0.530. The third kappa shape index (κ3) is 13.3. The van der Waals surface area contributed by atoms with Gasteiger partial charge in [0, 0.05) is 0 Å². The summed E-state index contributed by atoms with van der Waals surface area (Å²) in [6, 6.07) is 0. The fourth-order valence-corrected chi connectivity index (χ4v) is 3.97. The van der Waals surface area contributed by atoms with Crippen molar-refractivity contribution in [3.63, 3.8) is 0 Å². The van der Waals surface area contributed by atoms with Crippen LogP contribution in [0.5, 0.6) is 0 Å². The maximum Gasteiger partial charge on any atom is 0.306 e. The molecule has 150 valence electrons. The molecule has 0 amide bonds. The zero-order chi connectivity index (χ0) is 19.1. The molecule has 2 nitrogen and oxygen atoms in total. The van der Waals surface area contributed by atoms with Gasteiger partial charge in [0.25, 0.3) is 0 Å². The summed E-state index contributed by atoms with van der Waals surface area (Å²) < 4.78 is 0. The van der Waals surface area contributed by atoms with Gasteiger partial charge in [-0.3, -0.25) is 4.79 Å². The normalized spacial score (nSPS) is 15.3. The first kappa shape index (κ1) is 24.5. The first-order chi connectivity index (χ1) is 11.9. The van der Waals surface area contributed by atoms with E-state index in [0.29, 0.717) is 11.8 Å². The second-order valence-corrected chi connectivity index (χ2v) is 8.69. The number of carboxylic acid groups (broad SMARTS) is 1. The molecule has 0 aromatic heterocycles. The zero-order valence-electron chi connectivity index (χ0n) is 17.9. The van der Waals surface area contributed by atoms with E-state index in [4.69, 9.17) is 0 Å². The van der Waals surface area contributed by atoms with Crippen LogP contribution in [0.2, 0.25) is 0 Å². The lowest BCUT2D eigenvalue weighted by atomic mass is 9.80. The Morgan fingerprint density at radius 1 is 0.760 bits per heavy atom. The SMILES string of the molecule is CCCCC(CCC)CC(C(=O)O)C(C)CCCCCCCC(C)C. The Morgan fingerprint density at radius 2 is 1.36 bits per heavy atom. The van der Waals surface area contributed by atoms with Crippen LogP contribution in [-0.4, -0.2) is 11.1 Å². The Labute approximate surface area is 158 Å². The quantitative estimate of drug-likeness (QED) is 0.272.